The summed E-state index contributed by atoms with van der Waals surface area (Å²) in [4.78, 5) is 19.2. The van der Waals surface area contributed by atoms with E-state index in [0.717, 1.165) is 27.2 Å². The van der Waals surface area contributed by atoms with Gasteiger partial charge in [-0.3, -0.25) is 4.79 Å². The molecule has 0 fully saturated rings. The number of hydrazone groups is 1. The van der Waals surface area contributed by atoms with E-state index in [9.17, 15) is 4.79 Å². The van der Waals surface area contributed by atoms with Crippen molar-refractivity contribution in [3.8, 4) is 28.7 Å². The first-order chi connectivity index (χ1) is 16.5. The molecule has 1 amide bonds. The summed E-state index contributed by atoms with van der Waals surface area (Å²) < 4.78 is 23.8. The van der Waals surface area contributed by atoms with E-state index in [-0.39, 0.29) is 12.7 Å². The Morgan fingerprint density at radius 1 is 1.18 bits per heavy atom. The minimum Gasteiger partial charge on any atom is -0.492 e. The number of aryl methyl sites for hydroxylation is 2. The summed E-state index contributed by atoms with van der Waals surface area (Å²) in [6.07, 6.45) is 5.30. The fourth-order valence-corrected chi connectivity index (χ4v) is 5.21. The predicted molar refractivity (Wildman–Crippen MR) is 129 cm³/mol. The van der Waals surface area contributed by atoms with E-state index >= 15 is 0 Å². The van der Waals surface area contributed by atoms with Gasteiger partial charge in [-0.05, 0) is 43.7 Å². The van der Waals surface area contributed by atoms with Gasteiger partial charge < -0.3 is 23.5 Å². The highest BCUT2D eigenvalue weighted by Gasteiger charge is 2.26. The first-order valence-electron chi connectivity index (χ1n) is 10.4. The zero-order valence-corrected chi connectivity index (χ0v) is 19.9. The Morgan fingerprint density at radius 3 is 2.68 bits per heavy atom. The number of rotatable bonds is 6. The Labute approximate surface area is 199 Å². The highest BCUT2D eigenvalue weighted by atomic mass is 32.1. The molecule has 34 heavy (non-hydrogen) atoms. The number of nitrogens with one attached hydrogen (secondary N) is 1. The molecule has 0 bridgehead atoms. The third-order valence-corrected chi connectivity index (χ3v) is 6.48. The van der Waals surface area contributed by atoms with Crippen molar-refractivity contribution in [3.05, 3.63) is 58.4 Å². The number of fused-ring (bicyclic) bond motifs is 2. The van der Waals surface area contributed by atoms with E-state index < -0.39 is 0 Å². The van der Waals surface area contributed by atoms with Crippen LogP contribution in [0.25, 0.3) is 15.9 Å². The number of aromatic nitrogens is 2. The molecule has 5 rings (SSSR count). The molecule has 4 aromatic rings. The van der Waals surface area contributed by atoms with Crippen molar-refractivity contribution in [2.75, 3.05) is 21.0 Å². The Bertz CT molecular complexity index is 1430. The summed E-state index contributed by atoms with van der Waals surface area (Å²) in [7, 11) is 3.04. The minimum atomic E-state index is -0.341. The monoisotopic (exact) mass is 478 g/mol. The number of hydrogen-bond donors (Lipinski definition) is 1. The van der Waals surface area contributed by atoms with E-state index in [1.165, 1.54) is 31.8 Å². The maximum atomic E-state index is 13.2. The van der Waals surface area contributed by atoms with Gasteiger partial charge in [0.05, 0.1) is 26.1 Å². The van der Waals surface area contributed by atoms with Crippen molar-refractivity contribution in [2.24, 2.45) is 5.10 Å². The number of thiophene rings is 1. The highest BCUT2D eigenvalue weighted by Crippen LogP contribution is 2.48. The normalized spacial score (nSPS) is 12.5. The van der Waals surface area contributed by atoms with Gasteiger partial charge in [-0.25, -0.2) is 10.4 Å². The van der Waals surface area contributed by atoms with Crippen LogP contribution >= 0.6 is 11.3 Å². The molecule has 1 aliphatic rings. The second kappa shape index (κ2) is 8.71. The molecule has 0 aliphatic carbocycles. The highest BCUT2D eigenvalue weighted by molar-refractivity contribution is 7.21. The summed E-state index contributed by atoms with van der Waals surface area (Å²) in [5.41, 5.74) is 5.94. The van der Waals surface area contributed by atoms with Gasteiger partial charge in [-0.2, -0.15) is 5.10 Å². The predicted octanol–water partition coefficient (Wildman–Crippen LogP) is 4.21. The molecule has 4 heterocycles. The van der Waals surface area contributed by atoms with Gasteiger partial charge in [0, 0.05) is 29.0 Å². The standard InChI is InChI=1S/C24H22N4O5S/c1-13-9-14(2)26-24-17(13)18(28-7-5-6-8-28)22(34-24)23(29)27-25-11-15-10-16-20(33-12-32-16)21(31-4)19(15)30-3/h5-11H,12H2,1-4H3,(H,27,29). The van der Waals surface area contributed by atoms with Crippen molar-refractivity contribution in [2.45, 2.75) is 13.8 Å². The molecular formula is C24H22N4O5S. The van der Waals surface area contributed by atoms with Gasteiger partial charge in [-0.1, -0.05) is 0 Å². The average molecular weight is 479 g/mol. The number of ether oxygens (including phenoxy) is 4. The Kier molecular flexibility index (Phi) is 5.58. The van der Waals surface area contributed by atoms with Crippen molar-refractivity contribution in [1.82, 2.24) is 15.0 Å². The number of nitrogens with zero attached hydrogens (tertiary/aromatic N) is 3. The molecule has 0 unspecified atom stereocenters. The molecular weight excluding hydrogens is 456 g/mol. The Balaban J connectivity index is 1.50. The summed E-state index contributed by atoms with van der Waals surface area (Å²) >= 11 is 1.34. The summed E-state index contributed by atoms with van der Waals surface area (Å²) in [6.45, 7) is 4.06. The number of carbonyl (C=O) groups excluding carboxylic acids is 1. The van der Waals surface area contributed by atoms with Crippen LogP contribution in [0.5, 0.6) is 23.0 Å². The SMILES string of the molecule is COc1c(C=NNC(=O)c2sc3nc(C)cc(C)c3c2-n2cccc2)cc2c(c1OC)OCO2. The quantitative estimate of drug-likeness (QED) is 0.329. The lowest BCUT2D eigenvalue weighted by atomic mass is 10.1. The smallest absolute Gasteiger partial charge is 0.283 e. The Morgan fingerprint density at radius 2 is 1.94 bits per heavy atom. The topological polar surface area (TPSA) is 96.2 Å². The number of carbonyl (C=O) groups is 1. The first kappa shape index (κ1) is 21.8. The molecule has 0 saturated carbocycles. The van der Waals surface area contributed by atoms with Gasteiger partial charge in [-0.15, -0.1) is 11.3 Å². The Hall–Kier alpha value is -4.05. The molecule has 10 heteroatoms. The number of amides is 1. The van der Waals surface area contributed by atoms with Gasteiger partial charge in [0.15, 0.2) is 11.5 Å². The molecule has 1 N–H and O–H groups in total. The number of hydrogen-bond acceptors (Lipinski definition) is 8. The molecule has 3 aromatic heterocycles. The van der Waals surface area contributed by atoms with E-state index in [2.05, 4.69) is 15.5 Å². The van der Waals surface area contributed by atoms with Crippen LogP contribution in [0.15, 0.2) is 41.8 Å². The zero-order chi connectivity index (χ0) is 23.8. The van der Waals surface area contributed by atoms with Crippen molar-refractivity contribution >= 4 is 33.7 Å². The maximum absolute atomic E-state index is 13.2. The van der Waals surface area contributed by atoms with Crippen LogP contribution in [0.4, 0.5) is 0 Å². The third kappa shape index (κ3) is 3.61. The molecule has 1 aromatic carbocycles. The lowest BCUT2D eigenvalue weighted by Crippen LogP contribution is -2.18. The molecule has 1 aliphatic heterocycles. The molecule has 0 spiro atoms. The average Bonchev–Trinajstić information content (AvgIpc) is 3.56. The van der Waals surface area contributed by atoms with Gasteiger partial charge in [0.2, 0.25) is 18.3 Å². The third-order valence-electron chi connectivity index (χ3n) is 5.41. The minimum absolute atomic E-state index is 0.0905. The molecule has 9 nitrogen and oxygen atoms in total. The number of benzene rings is 1. The summed E-state index contributed by atoms with van der Waals surface area (Å²) in [6, 6.07) is 7.57. The maximum Gasteiger partial charge on any atom is 0.283 e. The largest absolute Gasteiger partial charge is 0.492 e. The van der Waals surface area contributed by atoms with Crippen molar-refractivity contribution in [1.29, 1.82) is 0 Å². The van der Waals surface area contributed by atoms with Crippen LogP contribution < -0.4 is 24.4 Å². The van der Waals surface area contributed by atoms with E-state index in [4.69, 9.17) is 18.9 Å². The van der Waals surface area contributed by atoms with Crippen LogP contribution in [0, 0.1) is 13.8 Å². The summed E-state index contributed by atoms with van der Waals surface area (Å²) in [5.74, 6) is 1.48. The van der Waals surface area contributed by atoms with Crippen molar-refractivity contribution < 1.29 is 23.7 Å². The number of pyridine rings is 1. The second-order valence-electron chi connectivity index (χ2n) is 7.60. The van der Waals surface area contributed by atoms with Crippen molar-refractivity contribution in [3.63, 3.8) is 0 Å². The zero-order valence-electron chi connectivity index (χ0n) is 19.0. The number of methoxy groups -OCH3 is 2. The van der Waals surface area contributed by atoms with Crippen LogP contribution in [-0.4, -0.2) is 42.7 Å². The fraction of sp³-hybridized carbons (Fsp3) is 0.208. The van der Waals surface area contributed by atoms with E-state index in [1.807, 2.05) is 49.0 Å². The van der Waals surface area contributed by atoms with E-state index in [1.54, 1.807) is 6.07 Å². The van der Waals surface area contributed by atoms with E-state index in [0.29, 0.717) is 33.4 Å². The van der Waals surface area contributed by atoms with Crippen LogP contribution in [0.1, 0.15) is 26.5 Å². The fourth-order valence-electron chi connectivity index (χ4n) is 4.02. The second-order valence-corrected chi connectivity index (χ2v) is 8.60. The molecule has 0 saturated heterocycles. The lowest BCUT2D eigenvalue weighted by molar-refractivity contribution is 0.0959. The first-order valence-corrected chi connectivity index (χ1v) is 11.3. The van der Waals surface area contributed by atoms with Gasteiger partial charge in [0.25, 0.3) is 5.91 Å². The lowest BCUT2D eigenvalue weighted by Gasteiger charge is -2.12. The van der Waals surface area contributed by atoms with Crippen LogP contribution in [0.2, 0.25) is 0 Å². The molecule has 0 atom stereocenters. The van der Waals surface area contributed by atoms with Gasteiger partial charge >= 0.3 is 0 Å². The molecule has 0 radical (unpaired) electrons. The van der Waals surface area contributed by atoms with Gasteiger partial charge in [0.1, 0.15) is 9.71 Å². The molecule has 174 valence electrons. The van der Waals surface area contributed by atoms with Crippen LogP contribution in [0.3, 0.4) is 0 Å². The van der Waals surface area contributed by atoms with Crippen LogP contribution in [-0.2, 0) is 0 Å². The summed E-state index contributed by atoms with van der Waals surface area (Å²) in [5, 5.41) is 5.13.